The predicted octanol–water partition coefficient (Wildman–Crippen LogP) is 3.02. The molecule has 0 radical (unpaired) electrons. The highest BCUT2D eigenvalue weighted by Crippen LogP contribution is 2.32. The number of hydrazine groups is 1. The third-order valence-electron chi connectivity index (χ3n) is 5.81. The second-order valence-corrected chi connectivity index (χ2v) is 7.90. The third-order valence-corrected chi connectivity index (χ3v) is 5.81. The molecule has 0 spiro atoms. The average Bonchev–Trinajstić information content (AvgIpc) is 3.35. The first-order chi connectivity index (χ1) is 15.5. The number of imide groups is 1. The minimum atomic E-state index is -0.331. The van der Waals surface area contributed by atoms with E-state index >= 15 is 0 Å². The first-order valence-corrected chi connectivity index (χ1v) is 10.5. The highest BCUT2D eigenvalue weighted by atomic mass is 16.5. The van der Waals surface area contributed by atoms with Crippen molar-refractivity contribution >= 4 is 17.7 Å². The molecule has 0 unspecified atom stereocenters. The Labute approximate surface area is 185 Å². The maximum absolute atomic E-state index is 12.9. The van der Waals surface area contributed by atoms with E-state index in [1.807, 2.05) is 48.5 Å². The quantitative estimate of drug-likeness (QED) is 0.581. The van der Waals surface area contributed by atoms with Gasteiger partial charge in [0.1, 0.15) is 0 Å². The number of ether oxygens (including phenoxy) is 1. The van der Waals surface area contributed by atoms with Crippen LogP contribution in [0.15, 0.2) is 54.6 Å². The highest BCUT2D eigenvalue weighted by molar-refractivity contribution is 6.04. The molecule has 3 aromatic rings. The number of methoxy groups -OCH3 is 1. The second kappa shape index (κ2) is 7.96. The van der Waals surface area contributed by atoms with Gasteiger partial charge in [-0.3, -0.25) is 14.4 Å². The van der Waals surface area contributed by atoms with Crippen molar-refractivity contribution < 1.29 is 19.1 Å². The van der Waals surface area contributed by atoms with Crippen LogP contribution in [0.5, 0.6) is 5.88 Å². The van der Waals surface area contributed by atoms with Crippen LogP contribution in [0.3, 0.4) is 0 Å². The maximum Gasteiger partial charge on any atom is 0.273 e. The van der Waals surface area contributed by atoms with Crippen molar-refractivity contribution in [3.8, 4) is 17.1 Å². The molecule has 0 atom stereocenters. The smallest absolute Gasteiger partial charge is 0.273 e. The SMILES string of the molecule is COc1cc(-c2ccc3c(c2)CN(N2C(=O)CCCC2=O)C3=O)nn1Cc1ccccc1. The number of aromatic nitrogens is 2. The Morgan fingerprint density at radius 2 is 1.72 bits per heavy atom. The summed E-state index contributed by atoms with van der Waals surface area (Å²) in [7, 11) is 1.61. The third kappa shape index (κ3) is 3.43. The number of hydrogen-bond acceptors (Lipinski definition) is 5. The van der Waals surface area contributed by atoms with Crippen molar-refractivity contribution in [3.63, 3.8) is 0 Å². The zero-order valence-corrected chi connectivity index (χ0v) is 17.7. The summed E-state index contributed by atoms with van der Waals surface area (Å²) >= 11 is 0. The Hall–Kier alpha value is -3.94. The second-order valence-electron chi connectivity index (χ2n) is 7.90. The number of carbonyl (C=O) groups is 3. The van der Waals surface area contributed by atoms with Gasteiger partial charge in [0.05, 0.1) is 25.9 Å². The Morgan fingerprint density at radius 3 is 2.44 bits per heavy atom. The number of hydrogen-bond donors (Lipinski definition) is 0. The van der Waals surface area contributed by atoms with Gasteiger partial charge < -0.3 is 4.74 Å². The fraction of sp³-hybridized carbons (Fsp3) is 0.250. The normalized spacial score (nSPS) is 16.0. The minimum Gasteiger partial charge on any atom is -0.481 e. The number of carbonyl (C=O) groups excluding carboxylic acids is 3. The first-order valence-electron chi connectivity index (χ1n) is 10.5. The molecule has 5 rings (SSSR count). The Kier molecular flexibility index (Phi) is 4.97. The molecular weight excluding hydrogens is 408 g/mol. The highest BCUT2D eigenvalue weighted by Gasteiger charge is 2.39. The summed E-state index contributed by atoms with van der Waals surface area (Å²) in [4.78, 5) is 37.5. The molecule has 3 heterocycles. The van der Waals surface area contributed by atoms with Crippen LogP contribution >= 0.6 is 0 Å². The fourth-order valence-electron chi connectivity index (χ4n) is 4.21. The van der Waals surface area contributed by atoms with E-state index in [2.05, 4.69) is 0 Å². The van der Waals surface area contributed by atoms with Crippen molar-refractivity contribution in [1.82, 2.24) is 19.8 Å². The number of nitrogens with zero attached hydrogens (tertiary/aromatic N) is 4. The molecule has 1 aromatic heterocycles. The van der Waals surface area contributed by atoms with Gasteiger partial charge >= 0.3 is 0 Å². The van der Waals surface area contributed by atoms with Gasteiger partial charge in [0.2, 0.25) is 17.7 Å². The predicted molar refractivity (Wildman–Crippen MR) is 115 cm³/mol. The van der Waals surface area contributed by atoms with Gasteiger partial charge in [-0.1, -0.05) is 36.4 Å². The van der Waals surface area contributed by atoms with Crippen LogP contribution in [0.25, 0.3) is 11.3 Å². The topological polar surface area (TPSA) is 84.7 Å². The number of benzene rings is 2. The van der Waals surface area contributed by atoms with Gasteiger partial charge in [-0.05, 0) is 29.7 Å². The van der Waals surface area contributed by atoms with Gasteiger partial charge in [0.25, 0.3) is 5.91 Å². The lowest BCUT2D eigenvalue weighted by atomic mass is 10.0. The molecule has 2 aliphatic heterocycles. The van der Waals surface area contributed by atoms with E-state index in [-0.39, 0.29) is 37.1 Å². The van der Waals surface area contributed by atoms with E-state index in [0.717, 1.165) is 27.4 Å². The van der Waals surface area contributed by atoms with Gasteiger partial charge in [-0.25, -0.2) is 9.69 Å². The summed E-state index contributed by atoms with van der Waals surface area (Å²) in [6.45, 7) is 0.752. The lowest BCUT2D eigenvalue weighted by Crippen LogP contribution is -2.51. The number of amides is 3. The average molecular weight is 430 g/mol. The molecule has 0 saturated carbocycles. The van der Waals surface area contributed by atoms with Crippen molar-refractivity contribution in [2.24, 2.45) is 0 Å². The van der Waals surface area contributed by atoms with Crippen LogP contribution in [0.4, 0.5) is 0 Å². The molecular formula is C24H22N4O4. The number of piperidine rings is 1. The fourth-order valence-corrected chi connectivity index (χ4v) is 4.21. The lowest BCUT2D eigenvalue weighted by Gasteiger charge is -2.32. The Bertz CT molecular complexity index is 1200. The molecule has 1 saturated heterocycles. The van der Waals surface area contributed by atoms with Crippen LogP contribution in [-0.4, -0.2) is 44.6 Å². The summed E-state index contributed by atoms with van der Waals surface area (Å²) in [6.07, 6.45) is 1.08. The van der Waals surface area contributed by atoms with Crippen LogP contribution in [0, 0.1) is 0 Å². The van der Waals surface area contributed by atoms with Crippen molar-refractivity contribution in [2.75, 3.05) is 7.11 Å². The molecule has 162 valence electrons. The maximum atomic E-state index is 12.9. The molecule has 0 N–H and O–H groups in total. The molecule has 0 aliphatic carbocycles. The van der Waals surface area contributed by atoms with E-state index < -0.39 is 0 Å². The van der Waals surface area contributed by atoms with Gasteiger partial charge in [-0.15, -0.1) is 0 Å². The van der Waals surface area contributed by atoms with Gasteiger partial charge in [0.15, 0.2) is 0 Å². The summed E-state index contributed by atoms with van der Waals surface area (Å²) in [5.41, 5.74) is 3.91. The van der Waals surface area contributed by atoms with Crippen molar-refractivity contribution in [1.29, 1.82) is 0 Å². The molecule has 32 heavy (non-hydrogen) atoms. The molecule has 3 amide bonds. The van der Waals surface area contributed by atoms with Gasteiger partial charge in [0, 0.05) is 30.0 Å². The standard InChI is InChI=1S/C24H22N4O4/c1-32-23-13-20(25-26(23)14-16-6-3-2-4-7-16)17-10-11-19-18(12-17)15-27(24(19)31)28-21(29)8-5-9-22(28)30/h2-4,6-7,10-13H,5,8-9,14-15H2,1H3. The summed E-state index contributed by atoms with van der Waals surface area (Å²) in [5.74, 6) is -0.354. The molecule has 2 aromatic carbocycles. The van der Waals surface area contributed by atoms with Crippen LogP contribution in [0.1, 0.15) is 40.7 Å². The molecule has 8 heteroatoms. The van der Waals surface area contributed by atoms with E-state index in [1.54, 1.807) is 17.9 Å². The summed E-state index contributed by atoms with van der Waals surface area (Å²) < 4.78 is 7.30. The van der Waals surface area contributed by atoms with Gasteiger partial charge in [-0.2, -0.15) is 10.1 Å². The van der Waals surface area contributed by atoms with Crippen molar-refractivity contribution in [3.05, 3.63) is 71.3 Å². The molecule has 8 nitrogen and oxygen atoms in total. The van der Waals surface area contributed by atoms with E-state index in [1.165, 1.54) is 5.01 Å². The summed E-state index contributed by atoms with van der Waals surface area (Å²) in [5, 5.41) is 6.97. The molecule has 0 bridgehead atoms. The zero-order chi connectivity index (χ0) is 22.2. The Balaban J connectivity index is 1.43. The van der Waals surface area contributed by atoms with Crippen LogP contribution < -0.4 is 4.74 Å². The molecule has 1 fully saturated rings. The van der Waals surface area contributed by atoms with Crippen LogP contribution in [-0.2, 0) is 22.7 Å². The van der Waals surface area contributed by atoms with E-state index in [9.17, 15) is 14.4 Å². The first kappa shape index (κ1) is 20.0. The monoisotopic (exact) mass is 430 g/mol. The number of fused-ring (bicyclic) bond motifs is 1. The van der Waals surface area contributed by atoms with Crippen LogP contribution in [0.2, 0.25) is 0 Å². The zero-order valence-electron chi connectivity index (χ0n) is 17.7. The number of rotatable bonds is 5. The molecule has 2 aliphatic rings. The van der Waals surface area contributed by atoms with E-state index in [0.29, 0.717) is 24.4 Å². The largest absolute Gasteiger partial charge is 0.481 e. The van der Waals surface area contributed by atoms with E-state index in [4.69, 9.17) is 9.84 Å². The minimum absolute atomic E-state index is 0.182. The lowest BCUT2D eigenvalue weighted by molar-refractivity contribution is -0.163. The summed E-state index contributed by atoms with van der Waals surface area (Å²) in [6, 6.07) is 17.3. The van der Waals surface area contributed by atoms with Crippen molar-refractivity contribution in [2.45, 2.75) is 32.4 Å². The Morgan fingerprint density at radius 1 is 0.969 bits per heavy atom.